The summed E-state index contributed by atoms with van der Waals surface area (Å²) >= 11 is 0. The van der Waals surface area contributed by atoms with Crippen LogP contribution in [0.1, 0.15) is 34.0 Å². The van der Waals surface area contributed by atoms with Crippen LogP contribution in [0.15, 0.2) is 66.2 Å². The number of imide groups is 2. The summed E-state index contributed by atoms with van der Waals surface area (Å²) in [6.45, 7) is 5.72. The van der Waals surface area contributed by atoms with Crippen molar-refractivity contribution in [2.24, 2.45) is 0 Å². The van der Waals surface area contributed by atoms with Crippen LogP contribution in [0.3, 0.4) is 0 Å². The maximum Gasteiger partial charge on any atom is 0.337 e. The molecule has 0 spiro atoms. The molecule has 42 heavy (non-hydrogen) atoms. The number of benzene rings is 3. The van der Waals surface area contributed by atoms with Gasteiger partial charge < -0.3 is 19.5 Å². The molecule has 2 N–H and O–H groups in total. The van der Waals surface area contributed by atoms with Crippen LogP contribution >= 0.6 is 0 Å². The number of aryl methyl sites for hydroxylation is 2. The Morgan fingerprint density at radius 2 is 1.64 bits per heavy atom. The highest BCUT2D eigenvalue weighted by molar-refractivity contribution is 6.39. The first-order valence-corrected chi connectivity index (χ1v) is 13.0. The Labute approximate surface area is 242 Å². The predicted molar refractivity (Wildman–Crippen MR) is 154 cm³/mol. The maximum atomic E-state index is 13.3. The van der Waals surface area contributed by atoms with Crippen molar-refractivity contribution in [3.63, 3.8) is 0 Å². The topological polar surface area (TPSA) is 140 Å². The number of hydrogen-bond acceptors (Lipinski definition) is 8. The Morgan fingerprint density at radius 3 is 2.31 bits per heavy atom. The van der Waals surface area contributed by atoms with E-state index in [0.717, 1.165) is 16.0 Å². The van der Waals surface area contributed by atoms with Gasteiger partial charge in [-0.05, 0) is 92.1 Å². The number of esters is 1. The minimum atomic E-state index is -0.925. The van der Waals surface area contributed by atoms with E-state index in [1.54, 1.807) is 25.1 Å². The summed E-state index contributed by atoms with van der Waals surface area (Å²) in [4.78, 5) is 63.4. The molecular weight excluding hydrogens is 542 g/mol. The Morgan fingerprint density at radius 1 is 0.905 bits per heavy atom. The minimum absolute atomic E-state index is 0.154. The van der Waals surface area contributed by atoms with E-state index in [2.05, 4.69) is 15.4 Å². The van der Waals surface area contributed by atoms with Crippen molar-refractivity contribution in [3.8, 4) is 11.5 Å². The third-order valence-electron chi connectivity index (χ3n) is 6.38. The summed E-state index contributed by atoms with van der Waals surface area (Å²) in [5.74, 6) is -2.08. The average Bonchev–Trinajstić information content (AvgIpc) is 2.96. The van der Waals surface area contributed by atoms with Crippen LogP contribution < -0.4 is 25.0 Å². The molecule has 0 radical (unpaired) electrons. The largest absolute Gasteiger partial charge is 0.490 e. The number of anilines is 2. The number of carbonyl (C=O) groups is 5. The third-order valence-corrected chi connectivity index (χ3v) is 6.38. The van der Waals surface area contributed by atoms with Gasteiger partial charge in [-0.25, -0.2) is 14.5 Å². The van der Waals surface area contributed by atoms with Gasteiger partial charge in [0.2, 0.25) is 0 Å². The lowest BCUT2D eigenvalue weighted by Gasteiger charge is -2.26. The number of rotatable bonds is 9. The predicted octanol–water partition coefficient (Wildman–Crippen LogP) is 4.17. The zero-order valence-electron chi connectivity index (χ0n) is 23.5. The van der Waals surface area contributed by atoms with Crippen LogP contribution in [-0.2, 0) is 19.1 Å². The van der Waals surface area contributed by atoms with E-state index in [-0.39, 0.29) is 41.7 Å². The van der Waals surface area contributed by atoms with E-state index >= 15 is 0 Å². The zero-order chi connectivity index (χ0) is 30.4. The van der Waals surface area contributed by atoms with Crippen molar-refractivity contribution >= 4 is 47.2 Å². The molecule has 4 rings (SSSR count). The van der Waals surface area contributed by atoms with Gasteiger partial charge in [0, 0.05) is 5.69 Å². The minimum Gasteiger partial charge on any atom is -0.490 e. The number of amides is 5. The molecule has 1 aliphatic rings. The fourth-order valence-electron chi connectivity index (χ4n) is 4.08. The summed E-state index contributed by atoms with van der Waals surface area (Å²) in [5, 5.41) is 4.94. The first-order chi connectivity index (χ1) is 20.1. The van der Waals surface area contributed by atoms with Crippen LogP contribution in [0, 0.1) is 13.8 Å². The van der Waals surface area contributed by atoms with Gasteiger partial charge in [0.25, 0.3) is 17.7 Å². The molecule has 0 atom stereocenters. The van der Waals surface area contributed by atoms with Gasteiger partial charge in [0.05, 0.1) is 25.0 Å². The highest BCUT2D eigenvalue weighted by Gasteiger charge is 2.37. The van der Waals surface area contributed by atoms with E-state index in [4.69, 9.17) is 9.47 Å². The number of ether oxygens (including phenoxy) is 3. The molecule has 3 aromatic rings. The number of hydrogen-bond donors (Lipinski definition) is 2. The summed E-state index contributed by atoms with van der Waals surface area (Å²) < 4.78 is 16.0. The highest BCUT2D eigenvalue weighted by Crippen LogP contribution is 2.30. The number of carbonyl (C=O) groups excluding carboxylic acids is 5. The number of methoxy groups -OCH3 is 1. The molecule has 1 aliphatic heterocycles. The highest BCUT2D eigenvalue weighted by atomic mass is 16.5. The lowest BCUT2D eigenvalue weighted by Crippen LogP contribution is -2.54. The Bertz CT molecular complexity index is 1590. The Hall–Kier alpha value is -5.45. The second-order valence-corrected chi connectivity index (χ2v) is 9.27. The fourth-order valence-corrected chi connectivity index (χ4v) is 4.08. The van der Waals surface area contributed by atoms with Gasteiger partial charge >= 0.3 is 12.0 Å². The Balaban J connectivity index is 1.52. The lowest BCUT2D eigenvalue weighted by molar-refractivity contribution is -0.122. The normalized spacial score (nSPS) is 14.0. The van der Waals surface area contributed by atoms with Gasteiger partial charge in [0.1, 0.15) is 5.57 Å². The number of nitrogens with one attached hydrogen (secondary N) is 2. The molecule has 3 aromatic carbocycles. The second kappa shape index (κ2) is 12.8. The monoisotopic (exact) mass is 571 g/mol. The molecule has 0 aliphatic carbocycles. The van der Waals surface area contributed by atoms with Crippen molar-refractivity contribution in [2.45, 2.75) is 20.8 Å². The number of nitrogens with zero attached hydrogens (tertiary/aromatic N) is 1. The second-order valence-electron chi connectivity index (χ2n) is 9.27. The first-order valence-electron chi connectivity index (χ1n) is 13.0. The van der Waals surface area contributed by atoms with Crippen molar-refractivity contribution in [1.82, 2.24) is 5.32 Å². The van der Waals surface area contributed by atoms with Crippen molar-refractivity contribution in [2.75, 3.05) is 30.5 Å². The number of urea groups is 1. The molecule has 5 amide bonds. The van der Waals surface area contributed by atoms with Gasteiger partial charge in [-0.1, -0.05) is 12.1 Å². The molecule has 0 aromatic heterocycles. The zero-order valence-corrected chi connectivity index (χ0v) is 23.5. The first kappa shape index (κ1) is 29.5. The summed E-state index contributed by atoms with van der Waals surface area (Å²) in [6, 6.07) is 15.0. The SMILES string of the molecule is CCOc1cc(/C=C2/C(=O)NC(=O)N(c3ccc(C(=O)OC)cc3)C2=O)ccc1OCC(=O)Nc1ccc(C)c(C)c1. The van der Waals surface area contributed by atoms with E-state index < -0.39 is 23.8 Å². The average molecular weight is 572 g/mol. The van der Waals surface area contributed by atoms with Gasteiger partial charge in [0.15, 0.2) is 18.1 Å². The summed E-state index contributed by atoms with van der Waals surface area (Å²) in [5.41, 5.74) is 3.32. The number of barbiturate groups is 1. The molecule has 11 nitrogen and oxygen atoms in total. The standard InChI is InChI=1S/C31H29N3O8/c1-5-41-26-16-20(7-13-25(26)42-17-27(35)32-22-10-6-18(2)19(3)14-22)15-24-28(36)33-31(39)34(29(24)37)23-11-8-21(9-12-23)30(38)40-4/h6-16H,5,17H2,1-4H3,(H,32,35)(H,33,36,39)/b24-15-. The maximum absolute atomic E-state index is 13.3. The smallest absolute Gasteiger partial charge is 0.337 e. The lowest BCUT2D eigenvalue weighted by atomic mass is 10.1. The van der Waals surface area contributed by atoms with Crippen LogP contribution in [0.4, 0.5) is 16.2 Å². The fraction of sp³-hybridized carbons (Fsp3) is 0.194. The molecule has 1 fully saturated rings. The molecule has 0 unspecified atom stereocenters. The van der Waals surface area contributed by atoms with E-state index in [1.807, 2.05) is 32.0 Å². The van der Waals surface area contributed by atoms with E-state index in [1.165, 1.54) is 37.5 Å². The van der Waals surface area contributed by atoms with Crippen molar-refractivity contribution in [1.29, 1.82) is 0 Å². The molecule has 1 heterocycles. The van der Waals surface area contributed by atoms with Gasteiger partial charge in [-0.15, -0.1) is 0 Å². The van der Waals surface area contributed by atoms with E-state index in [0.29, 0.717) is 17.0 Å². The van der Waals surface area contributed by atoms with Crippen LogP contribution in [0.25, 0.3) is 6.08 Å². The van der Waals surface area contributed by atoms with Crippen LogP contribution in [0.2, 0.25) is 0 Å². The molecule has 11 heteroatoms. The molecule has 0 saturated carbocycles. The van der Waals surface area contributed by atoms with Crippen LogP contribution in [0.5, 0.6) is 11.5 Å². The van der Waals surface area contributed by atoms with Crippen molar-refractivity contribution < 1.29 is 38.2 Å². The Kier molecular flexibility index (Phi) is 9.01. The summed E-state index contributed by atoms with van der Waals surface area (Å²) in [7, 11) is 1.24. The third kappa shape index (κ3) is 6.64. The van der Waals surface area contributed by atoms with Gasteiger partial charge in [-0.2, -0.15) is 0 Å². The summed E-state index contributed by atoms with van der Waals surface area (Å²) in [6.07, 6.45) is 1.32. The molecule has 0 bridgehead atoms. The molecular formula is C31H29N3O8. The molecule has 1 saturated heterocycles. The van der Waals surface area contributed by atoms with Crippen LogP contribution in [-0.4, -0.2) is 50.0 Å². The van der Waals surface area contributed by atoms with Crippen molar-refractivity contribution in [3.05, 3.63) is 88.5 Å². The quantitative estimate of drug-likeness (QED) is 0.222. The molecule has 216 valence electrons. The van der Waals surface area contributed by atoms with Gasteiger partial charge in [-0.3, -0.25) is 19.7 Å². The van der Waals surface area contributed by atoms with E-state index in [9.17, 15) is 24.0 Å².